The molecular formula is C20H17F3N2O3S. The van der Waals surface area contributed by atoms with E-state index in [-0.39, 0.29) is 27.5 Å². The molecule has 152 valence electrons. The molecule has 1 aromatic heterocycles. The molecule has 0 fully saturated rings. The van der Waals surface area contributed by atoms with Gasteiger partial charge in [0.15, 0.2) is 15.5 Å². The van der Waals surface area contributed by atoms with E-state index in [2.05, 4.69) is 4.98 Å². The van der Waals surface area contributed by atoms with Crippen LogP contribution in [0.25, 0.3) is 22.3 Å². The Kier molecular flexibility index (Phi) is 5.27. The lowest BCUT2D eigenvalue weighted by Crippen LogP contribution is -2.12. The zero-order valence-corrected chi connectivity index (χ0v) is 16.3. The van der Waals surface area contributed by atoms with Gasteiger partial charge in [-0.1, -0.05) is 24.3 Å². The number of halogens is 3. The summed E-state index contributed by atoms with van der Waals surface area (Å²) in [5.41, 5.74) is 5.67. The number of hydrogen-bond donors (Lipinski definition) is 1. The average molecular weight is 422 g/mol. The Morgan fingerprint density at radius 2 is 1.52 bits per heavy atom. The first-order chi connectivity index (χ1) is 13.5. The lowest BCUT2D eigenvalue weighted by molar-refractivity contribution is -0.140. The van der Waals surface area contributed by atoms with Crippen LogP contribution in [-0.4, -0.2) is 26.8 Å². The largest absolute Gasteiger partial charge is 0.481 e. The number of hydrogen-bond acceptors (Lipinski definition) is 5. The topological polar surface area (TPSA) is 82.3 Å². The van der Waals surface area contributed by atoms with E-state index in [4.69, 9.17) is 10.5 Å². The van der Waals surface area contributed by atoms with Crippen LogP contribution in [0, 0.1) is 0 Å². The van der Waals surface area contributed by atoms with Crippen molar-refractivity contribution < 1.29 is 26.3 Å². The van der Waals surface area contributed by atoms with Crippen molar-refractivity contribution in [2.24, 2.45) is 0 Å². The molecule has 0 radical (unpaired) electrons. The van der Waals surface area contributed by atoms with Crippen molar-refractivity contribution in [2.75, 3.05) is 19.1 Å². The highest BCUT2D eigenvalue weighted by molar-refractivity contribution is 7.90. The summed E-state index contributed by atoms with van der Waals surface area (Å²) in [6.07, 6.45) is -3.69. The van der Waals surface area contributed by atoms with Gasteiger partial charge in [-0.05, 0) is 41.0 Å². The van der Waals surface area contributed by atoms with Crippen LogP contribution in [0.4, 0.5) is 18.9 Å². The van der Waals surface area contributed by atoms with Crippen molar-refractivity contribution in [3.05, 3.63) is 60.3 Å². The van der Waals surface area contributed by atoms with Crippen LogP contribution >= 0.6 is 0 Å². The first-order valence-electron chi connectivity index (χ1n) is 8.33. The van der Waals surface area contributed by atoms with E-state index in [1.165, 1.54) is 61.7 Å². The Morgan fingerprint density at radius 1 is 0.966 bits per heavy atom. The maximum atomic E-state index is 13.8. The second kappa shape index (κ2) is 7.40. The van der Waals surface area contributed by atoms with Crippen LogP contribution in [0.15, 0.2) is 59.5 Å². The number of nitrogens with zero attached hydrogens (tertiary/aromatic N) is 1. The van der Waals surface area contributed by atoms with Gasteiger partial charge < -0.3 is 10.5 Å². The summed E-state index contributed by atoms with van der Waals surface area (Å²) < 4.78 is 69.8. The number of nitrogens with two attached hydrogens (primary N) is 1. The van der Waals surface area contributed by atoms with Crippen LogP contribution < -0.4 is 10.5 Å². The summed E-state index contributed by atoms with van der Waals surface area (Å²) >= 11 is 0. The van der Waals surface area contributed by atoms with E-state index in [0.29, 0.717) is 11.3 Å². The quantitative estimate of drug-likeness (QED) is 0.629. The number of anilines is 1. The van der Waals surface area contributed by atoms with Gasteiger partial charge in [0.05, 0.1) is 12.0 Å². The third-order valence-electron chi connectivity index (χ3n) is 4.27. The zero-order valence-electron chi connectivity index (χ0n) is 15.5. The van der Waals surface area contributed by atoms with Gasteiger partial charge in [-0.3, -0.25) is 0 Å². The second-order valence-corrected chi connectivity index (χ2v) is 8.37. The molecule has 29 heavy (non-hydrogen) atoms. The molecule has 9 heteroatoms. The van der Waals surface area contributed by atoms with Gasteiger partial charge in [-0.2, -0.15) is 13.2 Å². The van der Waals surface area contributed by atoms with Crippen molar-refractivity contribution >= 4 is 15.5 Å². The lowest BCUT2D eigenvalue weighted by atomic mass is 9.93. The van der Waals surface area contributed by atoms with Crippen LogP contribution in [0.2, 0.25) is 0 Å². The molecule has 0 aliphatic heterocycles. The summed E-state index contributed by atoms with van der Waals surface area (Å²) in [5.74, 6) is -0.210. The van der Waals surface area contributed by atoms with Crippen molar-refractivity contribution in [3.8, 4) is 28.1 Å². The van der Waals surface area contributed by atoms with Crippen molar-refractivity contribution in [1.29, 1.82) is 0 Å². The molecule has 0 unspecified atom stereocenters. The molecule has 0 saturated heterocycles. The summed E-state index contributed by atoms with van der Waals surface area (Å²) in [6.45, 7) is 0. The first-order valence-corrected chi connectivity index (χ1v) is 10.2. The van der Waals surface area contributed by atoms with Crippen molar-refractivity contribution in [1.82, 2.24) is 4.98 Å². The predicted octanol–water partition coefficient (Wildman–Crippen LogP) is 4.43. The van der Waals surface area contributed by atoms with Gasteiger partial charge >= 0.3 is 6.18 Å². The number of sulfone groups is 1. The molecule has 5 nitrogen and oxygen atoms in total. The molecule has 0 atom stereocenters. The van der Waals surface area contributed by atoms with Gasteiger partial charge in [0.2, 0.25) is 5.88 Å². The Balaban J connectivity index is 2.33. The molecule has 0 spiro atoms. The number of ether oxygens (including phenoxy) is 1. The summed E-state index contributed by atoms with van der Waals surface area (Å²) in [7, 11) is -2.22. The number of aromatic nitrogens is 1. The maximum absolute atomic E-state index is 13.8. The monoisotopic (exact) mass is 422 g/mol. The SMILES string of the molecule is COc1cc(-c2ccc(S(C)(=O)=O)cc2)c(-c2ccc(N)cc2)c(C(F)(F)F)n1. The number of benzene rings is 2. The normalized spacial score (nSPS) is 12.0. The van der Waals surface area contributed by atoms with E-state index in [1.807, 2.05) is 0 Å². The minimum Gasteiger partial charge on any atom is -0.481 e. The molecule has 0 aliphatic carbocycles. The molecule has 0 aliphatic rings. The summed E-state index contributed by atoms with van der Waals surface area (Å²) in [4.78, 5) is 3.69. The predicted molar refractivity (Wildman–Crippen MR) is 104 cm³/mol. The number of nitrogen functional groups attached to an aromatic ring is 1. The fourth-order valence-corrected chi connectivity index (χ4v) is 3.51. The summed E-state index contributed by atoms with van der Waals surface area (Å²) in [6, 6.07) is 12.9. The highest BCUT2D eigenvalue weighted by atomic mass is 32.2. The molecule has 1 heterocycles. The molecule has 0 amide bonds. The Hall–Kier alpha value is -3.07. The molecule has 3 rings (SSSR count). The number of pyridine rings is 1. The maximum Gasteiger partial charge on any atom is 0.434 e. The highest BCUT2D eigenvalue weighted by Gasteiger charge is 2.38. The third-order valence-corrected chi connectivity index (χ3v) is 5.39. The Bertz CT molecular complexity index is 1140. The molecule has 3 aromatic rings. The van der Waals surface area contributed by atoms with Gasteiger partial charge in [0, 0.05) is 23.6 Å². The minimum atomic E-state index is -4.74. The van der Waals surface area contributed by atoms with E-state index in [9.17, 15) is 21.6 Å². The van der Waals surface area contributed by atoms with Gasteiger partial charge in [0.1, 0.15) is 0 Å². The zero-order chi connectivity index (χ0) is 21.4. The van der Waals surface area contributed by atoms with E-state index < -0.39 is 21.7 Å². The lowest BCUT2D eigenvalue weighted by Gasteiger charge is -2.18. The molecule has 2 aromatic carbocycles. The van der Waals surface area contributed by atoms with Crippen molar-refractivity contribution in [3.63, 3.8) is 0 Å². The molecule has 0 bridgehead atoms. The molecule has 2 N–H and O–H groups in total. The fourth-order valence-electron chi connectivity index (χ4n) is 2.88. The van der Waals surface area contributed by atoms with Crippen LogP contribution in [0.1, 0.15) is 5.69 Å². The number of alkyl halides is 3. The van der Waals surface area contributed by atoms with E-state index in [1.54, 1.807) is 0 Å². The van der Waals surface area contributed by atoms with Gasteiger partial charge in [-0.25, -0.2) is 13.4 Å². The third kappa shape index (κ3) is 4.34. The molecular weight excluding hydrogens is 405 g/mol. The number of rotatable bonds is 4. The highest BCUT2D eigenvalue weighted by Crippen LogP contribution is 2.43. The molecule has 0 saturated carbocycles. The van der Waals surface area contributed by atoms with Crippen LogP contribution in [0.3, 0.4) is 0 Å². The van der Waals surface area contributed by atoms with Gasteiger partial charge in [-0.15, -0.1) is 0 Å². The Labute approximate surface area is 165 Å². The van der Waals surface area contributed by atoms with Crippen LogP contribution in [0.5, 0.6) is 5.88 Å². The van der Waals surface area contributed by atoms with Gasteiger partial charge in [0.25, 0.3) is 0 Å². The van der Waals surface area contributed by atoms with E-state index in [0.717, 1.165) is 6.26 Å². The minimum absolute atomic E-state index is 0.0624. The average Bonchev–Trinajstić information content (AvgIpc) is 2.66. The number of methoxy groups -OCH3 is 1. The van der Waals surface area contributed by atoms with Crippen molar-refractivity contribution in [2.45, 2.75) is 11.1 Å². The summed E-state index contributed by atoms with van der Waals surface area (Å²) in [5, 5.41) is 0. The first kappa shape index (κ1) is 20.7. The standard InChI is InChI=1S/C20H17F3N2O3S/c1-28-17-11-16(12-5-9-15(10-6-12)29(2,26)27)18(19(25-17)20(21,22)23)13-3-7-14(24)8-4-13/h3-11H,24H2,1-2H3. The smallest absolute Gasteiger partial charge is 0.434 e. The second-order valence-electron chi connectivity index (χ2n) is 6.35. The fraction of sp³-hybridized carbons (Fsp3) is 0.150. The van der Waals surface area contributed by atoms with Crippen LogP contribution in [-0.2, 0) is 16.0 Å². The van der Waals surface area contributed by atoms with E-state index >= 15 is 0 Å². The Morgan fingerprint density at radius 3 is 2.00 bits per heavy atom.